The van der Waals surface area contributed by atoms with E-state index in [4.69, 9.17) is 11.6 Å². The third-order valence-corrected chi connectivity index (χ3v) is 5.39. The Morgan fingerprint density at radius 3 is 2.83 bits per heavy atom. The van der Waals surface area contributed by atoms with Crippen LogP contribution in [-0.4, -0.2) is 29.9 Å². The molecule has 1 aromatic carbocycles. The third kappa shape index (κ3) is 5.33. The number of benzene rings is 1. The van der Waals surface area contributed by atoms with Crippen LogP contribution in [0, 0.1) is 0 Å². The van der Waals surface area contributed by atoms with E-state index in [2.05, 4.69) is 39.2 Å². The summed E-state index contributed by atoms with van der Waals surface area (Å²) in [4.78, 5) is 14.6. The molecule has 1 unspecified atom stereocenters. The molecule has 0 saturated carbocycles. The van der Waals surface area contributed by atoms with Crippen molar-refractivity contribution < 1.29 is 4.79 Å². The summed E-state index contributed by atoms with van der Waals surface area (Å²) in [6.45, 7) is 2.93. The summed E-state index contributed by atoms with van der Waals surface area (Å²) in [6, 6.07) is 10.4. The van der Waals surface area contributed by atoms with Gasteiger partial charge >= 0.3 is 0 Å². The summed E-state index contributed by atoms with van der Waals surface area (Å²) in [5.41, 5.74) is 2.52. The second-order valence-corrected chi connectivity index (χ2v) is 7.62. The van der Waals surface area contributed by atoms with Crippen molar-refractivity contribution in [3.63, 3.8) is 0 Å². The van der Waals surface area contributed by atoms with Gasteiger partial charge in [-0.15, -0.1) is 0 Å². The van der Waals surface area contributed by atoms with Gasteiger partial charge < -0.3 is 5.32 Å². The van der Waals surface area contributed by atoms with Gasteiger partial charge in [-0.2, -0.15) is 11.3 Å². The topological polar surface area (TPSA) is 32.3 Å². The highest BCUT2D eigenvalue weighted by Gasteiger charge is 2.21. The molecule has 1 saturated heterocycles. The fraction of sp³-hybridized carbons (Fsp3) is 0.421. The highest BCUT2D eigenvalue weighted by atomic mass is 35.5. The Balaban J connectivity index is 1.44. The van der Waals surface area contributed by atoms with Crippen molar-refractivity contribution in [3.05, 3.63) is 57.2 Å². The summed E-state index contributed by atoms with van der Waals surface area (Å²) in [7, 11) is 0. The molecule has 0 aliphatic carbocycles. The van der Waals surface area contributed by atoms with Gasteiger partial charge in [0, 0.05) is 30.6 Å². The van der Waals surface area contributed by atoms with Crippen LogP contribution < -0.4 is 5.32 Å². The van der Waals surface area contributed by atoms with E-state index in [9.17, 15) is 4.79 Å². The van der Waals surface area contributed by atoms with Crippen molar-refractivity contribution in [1.29, 1.82) is 0 Å². The molecule has 0 bridgehead atoms. The molecule has 1 amide bonds. The number of hydrogen-bond acceptors (Lipinski definition) is 3. The van der Waals surface area contributed by atoms with Gasteiger partial charge in [0.2, 0.25) is 5.91 Å². The van der Waals surface area contributed by atoms with Gasteiger partial charge in [-0.05, 0) is 65.9 Å². The van der Waals surface area contributed by atoms with Gasteiger partial charge in [0.05, 0.1) is 0 Å². The molecule has 5 heteroatoms. The van der Waals surface area contributed by atoms with E-state index < -0.39 is 0 Å². The van der Waals surface area contributed by atoms with Crippen LogP contribution in [0.2, 0.25) is 5.02 Å². The van der Waals surface area contributed by atoms with Crippen LogP contribution in [0.25, 0.3) is 0 Å². The zero-order valence-corrected chi connectivity index (χ0v) is 15.3. The number of nitrogens with zero attached hydrogens (tertiary/aromatic N) is 1. The van der Waals surface area contributed by atoms with Crippen molar-refractivity contribution >= 4 is 28.8 Å². The predicted molar refractivity (Wildman–Crippen MR) is 101 cm³/mol. The second-order valence-electron chi connectivity index (χ2n) is 6.40. The Kier molecular flexibility index (Phi) is 6.30. The van der Waals surface area contributed by atoms with E-state index in [-0.39, 0.29) is 11.9 Å². The molecular weight excluding hydrogens is 340 g/mol. The van der Waals surface area contributed by atoms with Crippen LogP contribution in [-0.2, 0) is 17.8 Å². The predicted octanol–water partition coefficient (Wildman–Crippen LogP) is 4.11. The lowest BCUT2D eigenvalue weighted by Crippen LogP contribution is -2.47. The van der Waals surface area contributed by atoms with Crippen molar-refractivity contribution in [2.75, 3.05) is 13.1 Å². The van der Waals surface area contributed by atoms with Gasteiger partial charge in [-0.3, -0.25) is 9.69 Å². The zero-order chi connectivity index (χ0) is 16.8. The minimum atomic E-state index is 0.166. The second kappa shape index (κ2) is 8.65. The number of nitrogens with one attached hydrogen (secondary N) is 1. The minimum Gasteiger partial charge on any atom is -0.352 e. The fourth-order valence-electron chi connectivity index (χ4n) is 3.16. The molecule has 3 rings (SSSR count). The summed E-state index contributed by atoms with van der Waals surface area (Å²) < 4.78 is 0. The summed E-state index contributed by atoms with van der Waals surface area (Å²) in [5, 5.41) is 8.15. The highest BCUT2D eigenvalue weighted by Crippen LogP contribution is 2.16. The number of likely N-dealkylation sites (tertiary alicyclic amines) is 1. The average Bonchev–Trinajstić information content (AvgIpc) is 3.09. The first kappa shape index (κ1) is 17.5. The molecule has 128 valence electrons. The first-order valence-corrected chi connectivity index (χ1v) is 9.78. The Morgan fingerprint density at radius 1 is 1.25 bits per heavy atom. The number of aryl methyl sites for hydroxylation is 1. The maximum absolute atomic E-state index is 12.2. The number of piperidine rings is 1. The van der Waals surface area contributed by atoms with E-state index >= 15 is 0 Å². The van der Waals surface area contributed by atoms with Crippen molar-refractivity contribution in [3.8, 4) is 0 Å². The molecule has 1 atom stereocenters. The first-order chi connectivity index (χ1) is 11.7. The van der Waals surface area contributed by atoms with Gasteiger partial charge in [0.1, 0.15) is 0 Å². The lowest BCUT2D eigenvalue weighted by molar-refractivity contribution is -0.122. The number of amides is 1. The fourth-order valence-corrected chi connectivity index (χ4v) is 3.99. The largest absolute Gasteiger partial charge is 0.352 e. The number of hydrogen-bond donors (Lipinski definition) is 1. The molecule has 2 heterocycles. The lowest BCUT2D eigenvalue weighted by atomic mass is 10.0. The van der Waals surface area contributed by atoms with Gasteiger partial charge in [0.15, 0.2) is 0 Å². The van der Waals surface area contributed by atoms with Crippen molar-refractivity contribution in [1.82, 2.24) is 10.2 Å². The first-order valence-electron chi connectivity index (χ1n) is 8.46. The molecule has 0 radical (unpaired) electrons. The standard InChI is InChI=1S/C19H23ClN2OS/c20-17-6-3-15(4-7-17)12-22-10-1-2-18(13-22)21-19(23)8-5-16-9-11-24-14-16/h3-4,6-7,9,11,14,18H,1-2,5,8,10,12-13H2,(H,21,23). The van der Waals surface area contributed by atoms with Crippen LogP contribution in [0.1, 0.15) is 30.4 Å². The molecule has 1 aliphatic rings. The molecule has 1 fully saturated rings. The monoisotopic (exact) mass is 362 g/mol. The normalized spacial score (nSPS) is 18.5. The van der Waals surface area contributed by atoms with Crippen LogP contribution in [0.4, 0.5) is 0 Å². The molecule has 0 spiro atoms. The summed E-state index contributed by atoms with van der Waals surface area (Å²) >= 11 is 7.62. The lowest BCUT2D eigenvalue weighted by Gasteiger charge is -2.33. The minimum absolute atomic E-state index is 0.166. The van der Waals surface area contributed by atoms with Crippen LogP contribution >= 0.6 is 22.9 Å². The van der Waals surface area contributed by atoms with Gasteiger partial charge in [-0.25, -0.2) is 0 Å². The molecular formula is C19H23ClN2OS. The van der Waals surface area contributed by atoms with E-state index in [1.165, 1.54) is 11.1 Å². The Hall–Kier alpha value is -1.36. The molecule has 1 aromatic heterocycles. The smallest absolute Gasteiger partial charge is 0.220 e. The highest BCUT2D eigenvalue weighted by molar-refractivity contribution is 7.07. The zero-order valence-electron chi connectivity index (χ0n) is 13.7. The summed E-state index contributed by atoms with van der Waals surface area (Å²) in [6.07, 6.45) is 3.60. The Labute approximate surface area is 152 Å². The van der Waals surface area contributed by atoms with E-state index in [1.54, 1.807) is 11.3 Å². The average molecular weight is 363 g/mol. The number of rotatable bonds is 6. The van der Waals surface area contributed by atoms with Gasteiger partial charge in [-0.1, -0.05) is 23.7 Å². The Bertz CT molecular complexity index is 642. The molecule has 3 nitrogen and oxygen atoms in total. The number of carbonyl (C=O) groups excluding carboxylic acids is 1. The SMILES string of the molecule is O=C(CCc1ccsc1)NC1CCCN(Cc2ccc(Cl)cc2)C1. The molecule has 1 N–H and O–H groups in total. The summed E-state index contributed by atoms with van der Waals surface area (Å²) in [5.74, 6) is 0.166. The van der Waals surface area contributed by atoms with E-state index in [0.29, 0.717) is 6.42 Å². The molecule has 1 aliphatic heterocycles. The number of halogens is 1. The van der Waals surface area contributed by atoms with Crippen LogP contribution in [0.15, 0.2) is 41.1 Å². The quantitative estimate of drug-likeness (QED) is 0.838. The Morgan fingerprint density at radius 2 is 2.08 bits per heavy atom. The van der Waals surface area contributed by atoms with Crippen LogP contribution in [0.3, 0.4) is 0 Å². The van der Waals surface area contributed by atoms with E-state index in [0.717, 1.165) is 43.9 Å². The van der Waals surface area contributed by atoms with Crippen molar-refractivity contribution in [2.24, 2.45) is 0 Å². The number of carbonyl (C=O) groups is 1. The van der Waals surface area contributed by atoms with Crippen LogP contribution in [0.5, 0.6) is 0 Å². The van der Waals surface area contributed by atoms with Gasteiger partial charge in [0.25, 0.3) is 0 Å². The molecule has 2 aromatic rings. The molecule has 24 heavy (non-hydrogen) atoms. The van der Waals surface area contributed by atoms with E-state index in [1.807, 2.05) is 12.1 Å². The third-order valence-electron chi connectivity index (χ3n) is 4.41. The number of thiophene rings is 1. The maximum Gasteiger partial charge on any atom is 0.220 e. The van der Waals surface area contributed by atoms with Crippen molar-refractivity contribution in [2.45, 2.75) is 38.3 Å². The maximum atomic E-state index is 12.2.